The van der Waals surface area contributed by atoms with Gasteiger partial charge in [0.2, 0.25) is 0 Å². The number of halogens is 1. The van der Waals surface area contributed by atoms with Crippen LogP contribution in [0.4, 0.5) is 0 Å². The summed E-state index contributed by atoms with van der Waals surface area (Å²) < 4.78 is 0. The van der Waals surface area contributed by atoms with Gasteiger partial charge in [-0.25, -0.2) is 0 Å². The minimum Gasteiger partial charge on any atom is -0.357 e. The van der Waals surface area contributed by atoms with Crippen molar-refractivity contribution in [2.24, 2.45) is 4.99 Å². The highest BCUT2D eigenvalue weighted by Crippen LogP contribution is 2.18. The molecular weight excluding hydrogens is 399 g/mol. The van der Waals surface area contributed by atoms with E-state index in [1.165, 1.54) is 18.4 Å². The fourth-order valence-electron chi connectivity index (χ4n) is 2.39. The van der Waals surface area contributed by atoms with Gasteiger partial charge >= 0.3 is 0 Å². The van der Waals surface area contributed by atoms with Crippen LogP contribution in [-0.2, 0) is 0 Å². The molecule has 0 aromatic heterocycles. The first-order chi connectivity index (χ1) is 10.6. The van der Waals surface area contributed by atoms with Crippen LogP contribution in [0.25, 0.3) is 0 Å². The zero-order valence-electron chi connectivity index (χ0n) is 15.2. The van der Waals surface area contributed by atoms with Crippen molar-refractivity contribution in [1.29, 1.82) is 0 Å². The van der Waals surface area contributed by atoms with Gasteiger partial charge in [-0.2, -0.15) is 0 Å². The van der Waals surface area contributed by atoms with Gasteiger partial charge < -0.3 is 15.1 Å². The number of nitrogens with one attached hydrogen (secondary N) is 1. The molecule has 0 aliphatic carbocycles. The molecule has 1 rings (SSSR count). The van der Waals surface area contributed by atoms with E-state index in [1.807, 2.05) is 0 Å². The smallest absolute Gasteiger partial charge is 0.193 e. The maximum atomic E-state index is 4.85. The number of likely N-dealkylation sites (N-methyl/N-ethyl adjacent to an activating group) is 1. The molecule has 5 heteroatoms. The Labute approximate surface area is 159 Å². The lowest BCUT2D eigenvalue weighted by atomic mass is 10.1. The topological polar surface area (TPSA) is 30.9 Å². The molecule has 0 aliphatic rings. The molecule has 1 atom stereocenters. The Morgan fingerprint density at radius 3 is 2.30 bits per heavy atom. The molecule has 0 saturated heterocycles. The Kier molecular flexibility index (Phi) is 12.1. The third-order valence-corrected chi connectivity index (χ3v) is 3.77. The molecule has 0 bridgehead atoms. The lowest BCUT2D eigenvalue weighted by Crippen LogP contribution is -2.40. The van der Waals surface area contributed by atoms with Crippen LogP contribution in [-0.4, -0.2) is 56.5 Å². The van der Waals surface area contributed by atoms with Gasteiger partial charge in [-0.1, -0.05) is 43.7 Å². The Morgan fingerprint density at radius 1 is 1.13 bits per heavy atom. The Bertz CT molecular complexity index is 434. The van der Waals surface area contributed by atoms with Crippen molar-refractivity contribution < 1.29 is 0 Å². The van der Waals surface area contributed by atoms with Gasteiger partial charge in [-0.05, 0) is 33.0 Å². The summed E-state index contributed by atoms with van der Waals surface area (Å²) in [7, 11) is 6.34. The second-order valence-corrected chi connectivity index (χ2v) is 5.86. The van der Waals surface area contributed by atoms with Crippen molar-refractivity contribution >= 4 is 29.9 Å². The maximum absolute atomic E-state index is 4.85. The van der Waals surface area contributed by atoms with E-state index in [0.717, 1.165) is 25.6 Å². The average Bonchev–Trinajstić information content (AvgIpc) is 2.52. The number of nitrogens with zero attached hydrogens (tertiary/aromatic N) is 3. The van der Waals surface area contributed by atoms with Crippen LogP contribution < -0.4 is 5.32 Å². The van der Waals surface area contributed by atoms with Crippen LogP contribution in [0.5, 0.6) is 0 Å². The Hall–Kier alpha value is -0.820. The summed E-state index contributed by atoms with van der Waals surface area (Å²) in [5, 5.41) is 3.39. The molecule has 0 saturated carbocycles. The highest BCUT2D eigenvalue weighted by molar-refractivity contribution is 14.0. The van der Waals surface area contributed by atoms with E-state index >= 15 is 0 Å². The molecule has 0 heterocycles. The number of hydrogen-bond donors (Lipinski definition) is 1. The van der Waals surface area contributed by atoms with E-state index in [9.17, 15) is 0 Å². The summed E-state index contributed by atoms with van der Waals surface area (Å²) in [5.41, 5.74) is 1.31. The lowest BCUT2D eigenvalue weighted by Gasteiger charge is -2.26. The first kappa shape index (κ1) is 22.2. The minimum atomic E-state index is 0. The zero-order valence-corrected chi connectivity index (χ0v) is 17.6. The van der Waals surface area contributed by atoms with E-state index < -0.39 is 0 Å². The molecule has 4 nitrogen and oxygen atoms in total. The van der Waals surface area contributed by atoms with Crippen molar-refractivity contribution in [2.45, 2.75) is 32.7 Å². The van der Waals surface area contributed by atoms with E-state index in [1.54, 1.807) is 0 Å². The van der Waals surface area contributed by atoms with Crippen LogP contribution in [0.15, 0.2) is 35.3 Å². The third kappa shape index (κ3) is 8.01. The van der Waals surface area contributed by atoms with Gasteiger partial charge in [-0.15, -0.1) is 24.0 Å². The van der Waals surface area contributed by atoms with Crippen molar-refractivity contribution in [1.82, 2.24) is 15.1 Å². The minimum absolute atomic E-state index is 0. The van der Waals surface area contributed by atoms with Crippen LogP contribution in [0.3, 0.4) is 0 Å². The maximum Gasteiger partial charge on any atom is 0.193 e. The standard InChI is InChI=1S/C18H32N4.HI/c1-6-8-14-22(5)18(19-7-2)20-15-17(21(3)4)16-12-10-9-11-13-16;/h9-13,17H,6-8,14-15H2,1-5H3,(H,19,20);1H. The van der Waals surface area contributed by atoms with E-state index in [2.05, 4.69) is 80.4 Å². The summed E-state index contributed by atoms with van der Waals surface area (Å²) in [4.78, 5) is 9.31. The van der Waals surface area contributed by atoms with Crippen LogP contribution >= 0.6 is 24.0 Å². The predicted octanol–water partition coefficient (Wildman–Crippen LogP) is 3.60. The fourth-order valence-corrected chi connectivity index (χ4v) is 2.39. The van der Waals surface area contributed by atoms with Gasteiger partial charge in [0.05, 0.1) is 12.6 Å². The summed E-state index contributed by atoms with van der Waals surface area (Å²) in [6.07, 6.45) is 2.39. The summed E-state index contributed by atoms with van der Waals surface area (Å²) in [6, 6.07) is 10.9. The molecule has 23 heavy (non-hydrogen) atoms. The molecule has 1 aromatic rings. The van der Waals surface area contributed by atoms with Crippen molar-refractivity contribution in [3.05, 3.63) is 35.9 Å². The SMILES string of the molecule is CCCCN(C)C(=NCC(c1ccccc1)N(C)C)NCC.I. The monoisotopic (exact) mass is 432 g/mol. The molecule has 1 aromatic carbocycles. The van der Waals surface area contributed by atoms with Crippen molar-refractivity contribution in [2.75, 3.05) is 40.8 Å². The zero-order chi connectivity index (χ0) is 16.4. The largest absolute Gasteiger partial charge is 0.357 e. The lowest BCUT2D eigenvalue weighted by molar-refractivity contribution is 0.305. The van der Waals surface area contributed by atoms with E-state index in [0.29, 0.717) is 6.04 Å². The summed E-state index contributed by atoms with van der Waals surface area (Å²) in [5.74, 6) is 0.999. The molecular formula is C18H33IN4. The molecule has 132 valence electrons. The van der Waals surface area contributed by atoms with Gasteiger partial charge in [-0.3, -0.25) is 4.99 Å². The first-order valence-corrected chi connectivity index (χ1v) is 8.30. The average molecular weight is 432 g/mol. The van der Waals surface area contributed by atoms with Crippen molar-refractivity contribution in [3.8, 4) is 0 Å². The predicted molar refractivity (Wildman–Crippen MR) is 112 cm³/mol. The molecule has 0 fully saturated rings. The molecule has 0 spiro atoms. The highest BCUT2D eigenvalue weighted by Gasteiger charge is 2.14. The van der Waals surface area contributed by atoms with E-state index in [4.69, 9.17) is 4.99 Å². The normalized spacial score (nSPS) is 12.7. The van der Waals surface area contributed by atoms with E-state index in [-0.39, 0.29) is 24.0 Å². The van der Waals surface area contributed by atoms with Crippen molar-refractivity contribution in [3.63, 3.8) is 0 Å². The van der Waals surface area contributed by atoms with Crippen LogP contribution in [0.1, 0.15) is 38.3 Å². The molecule has 0 aliphatic heterocycles. The number of hydrogen-bond acceptors (Lipinski definition) is 2. The summed E-state index contributed by atoms with van der Waals surface area (Å²) >= 11 is 0. The van der Waals surface area contributed by atoms with Crippen LogP contribution in [0, 0.1) is 0 Å². The number of guanidine groups is 1. The highest BCUT2D eigenvalue weighted by atomic mass is 127. The Balaban J connectivity index is 0.00000484. The third-order valence-electron chi connectivity index (χ3n) is 3.77. The number of benzene rings is 1. The Morgan fingerprint density at radius 2 is 1.78 bits per heavy atom. The number of rotatable bonds is 8. The second-order valence-electron chi connectivity index (χ2n) is 5.86. The quantitative estimate of drug-likeness (QED) is 0.387. The fraction of sp³-hybridized carbons (Fsp3) is 0.611. The summed E-state index contributed by atoms with van der Waals surface area (Å²) in [6.45, 7) is 7.03. The molecule has 1 unspecified atom stereocenters. The van der Waals surface area contributed by atoms with Crippen LogP contribution in [0.2, 0.25) is 0 Å². The molecule has 0 radical (unpaired) electrons. The number of aliphatic imine (C=N–C) groups is 1. The first-order valence-electron chi connectivity index (χ1n) is 8.30. The number of unbranched alkanes of at least 4 members (excludes halogenated alkanes) is 1. The second kappa shape index (κ2) is 12.6. The molecule has 0 amide bonds. The van der Waals surface area contributed by atoms with Gasteiger partial charge in [0.15, 0.2) is 5.96 Å². The van der Waals surface area contributed by atoms with Gasteiger partial charge in [0.1, 0.15) is 0 Å². The molecule has 1 N–H and O–H groups in total. The van der Waals surface area contributed by atoms with Gasteiger partial charge in [0, 0.05) is 20.1 Å². The van der Waals surface area contributed by atoms with Gasteiger partial charge in [0.25, 0.3) is 0 Å².